The fraction of sp³-hybridized carbons (Fsp3) is 0.462. The second-order valence-electron chi connectivity index (χ2n) is 5.12. The van der Waals surface area contributed by atoms with Gasteiger partial charge < -0.3 is 4.90 Å². The monoisotopic (exact) mass is 300 g/mol. The van der Waals surface area contributed by atoms with E-state index in [1.54, 1.807) is 13.0 Å². The predicted molar refractivity (Wildman–Crippen MR) is 73.2 cm³/mol. The highest BCUT2D eigenvalue weighted by molar-refractivity contribution is 7.89. The van der Waals surface area contributed by atoms with E-state index in [1.807, 2.05) is 0 Å². The lowest BCUT2D eigenvalue weighted by Crippen LogP contribution is -2.47. The van der Waals surface area contributed by atoms with E-state index >= 15 is 0 Å². The number of sulfonamides is 1. The molecule has 1 aromatic rings. The van der Waals surface area contributed by atoms with Gasteiger partial charge in [-0.1, -0.05) is 0 Å². The number of carbonyl (C=O) groups is 1. The molecule has 1 aliphatic heterocycles. The van der Waals surface area contributed by atoms with Crippen molar-refractivity contribution in [2.75, 3.05) is 13.1 Å². The second kappa shape index (κ2) is 5.49. The molecule has 1 heterocycles. The number of amides is 1. The number of primary sulfonamides is 1. The van der Waals surface area contributed by atoms with Crippen molar-refractivity contribution < 1.29 is 17.6 Å². The molecule has 0 radical (unpaired) electrons. The van der Waals surface area contributed by atoms with E-state index in [0.717, 1.165) is 6.07 Å². The molecule has 0 bridgehead atoms. The van der Waals surface area contributed by atoms with Gasteiger partial charge in [0.25, 0.3) is 5.91 Å². The van der Waals surface area contributed by atoms with Crippen LogP contribution < -0.4 is 5.14 Å². The number of carbonyl (C=O) groups excluding carboxylic acids is 1. The number of piperidine rings is 1. The minimum Gasteiger partial charge on any atom is -0.337 e. The third-order valence-electron chi connectivity index (χ3n) is 3.42. The summed E-state index contributed by atoms with van der Waals surface area (Å²) in [5.74, 6) is -0.839. The van der Waals surface area contributed by atoms with Gasteiger partial charge in [0.1, 0.15) is 5.82 Å². The van der Waals surface area contributed by atoms with Crippen LogP contribution in [-0.2, 0) is 10.0 Å². The van der Waals surface area contributed by atoms with Crippen LogP contribution >= 0.6 is 0 Å². The highest BCUT2D eigenvalue weighted by Gasteiger charge is 2.30. The Morgan fingerprint density at radius 3 is 2.70 bits per heavy atom. The van der Waals surface area contributed by atoms with Crippen molar-refractivity contribution in [2.24, 2.45) is 5.14 Å². The first-order valence-corrected chi connectivity index (χ1v) is 7.96. The maximum atomic E-state index is 13.3. The van der Waals surface area contributed by atoms with E-state index in [-0.39, 0.29) is 18.0 Å². The maximum absolute atomic E-state index is 13.3. The Kier molecular flexibility index (Phi) is 4.10. The maximum Gasteiger partial charge on any atom is 0.254 e. The first kappa shape index (κ1) is 14.9. The molecule has 1 aliphatic rings. The normalized spacial score (nSPS) is 19.9. The highest BCUT2D eigenvalue weighted by atomic mass is 32.2. The highest BCUT2D eigenvalue weighted by Crippen LogP contribution is 2.18. The number of hydrogen-bond donors (Lipinski definition) is 1. The molecule has 1 unspecified atom stereocenters. The van der Waals surface area contributed by atoms with Crippen molar-refractivity contribution in [1.82, 2.24) is 4.90 Å². The van der Waals surface area contributed by atoms with Crippen LogP contribution in [0.5, 0.6) is 0 Å². The number of nitrogens with two attached hydrogens (primary N) is 1. The summed E-state index contributed by atoms with van der Waals surface area (Å²) < 4.78 is 36.1. The van der Waals surface area contributed by atoms with Gasteiger partial charge in [-0.2, -0.15) is 0 Å². The third-order valence-corrected chi connectivity index (χ3v) is 4.73. The zero-order valence-corrected chi connectivity index (χ0v) is 12.0. The van der Waals surface area contributed by atoms with Crippen molar-refractivity contribution in [3.05, 3.63) is 35.1 Å². The van der Waals surface area contributed by atoms with Crippen LogP contribution in [0.1, 0.15) is 28.8 Å². The molecule has 2 N–H and O–H groups in total. The largest absolute Gasteiger partial charge is 0.337 e. The summed E-state index contributed by atoms with van der Waals surface area (Å²) in [5.41, 5.74) is 0.880. The van der Waals surface area contributed by atoms with Crippen molar-refractivity contribution in [1.29, 1.82) is 0 Å². The molecule has 110 valence electrons. The number of aryl methyl sites for hydroxylation is 1. The zero-order valence-electron chi connectivity index (χ0n) is 11.2. The molecular formula is C13H17FN2O3S. The number of likely N-dealkylation sites (tertiary alicyclic amines) is 1. The number of benzene rings is 1. The van der Waals surface area contributed by atoms with E-state index in [9.17, 15) is 17.6 Å². The van der Waals surface area contributed by atoms with Crippen LogP contribution in [0.2, 0.25) is 0 Å². The molecule has 0 aromatic heterocycles. The minimum absolute atomic E-state index is 0.0627. The van der Waals surface area contributed by atoms with Gasteiger partial charge in [0.05, 0.1) is 5.25 Å². The molecule has 2 rings (SSSR count). The molecule has 20 heavy (non-hydrogen) atoms. The molecule has 1 saturated heterocycles. The molecule has 1 fully saturated rings. The quantitative estimate of drug-likeness (QED) is 0.885. The van der Waals surface area contributed by atoms with Crippen molar-refractivity contribution in [2.45, 2.75) is 25.0 Å². The summed E-state index contributed by atoms with van der Waals surface area (Å²) in [7, 11) is -3.66. The molecule has 5 nitrogen and oxygen atoms in total. The molecule has 0 aliphatic carbocycles. The van der Waals surface area contributed by atoms with E-state index in [2.05, 4.69) is 0 Å². The second-order valence-corrected chi connectivity index (χ2v) is 6.97. The van der Waals surface area contributed by atoms with Gasteiger partial charge in [0.15, 0.2) is 0 Å². The Hall–Kier alpha value is -1.47. The van der Waals surface area contributed by atoms with Crippen LogP contribution in [0.4, 0.5) is 4.39 Å². The summed E-state index contributed by atoms with van der Waals surface area (Å²) >= 11 is 0. The van der Waals surface area contributed by atoms with Crippen LogP contribution in [0, 0.1) is 12.7 Å². The lowest BCUT2D eigenvalue weighted by molar-refractivity contribution is 0.0726. The standard InChI is InChI=1S/C13H17FN2O3S/c1-9-5-10(7-11(14)6-9)13(17)16-4-2-3-12(8-16)20(15,18)19/h5-7,12H,2-4,8H2,1H3,(H2,15,18,19). The van der Waals surface area contributed by atoms with Gasteiger partial charge in [0.2, 0.25) is 10.0 Å². The summed E-state index contributed by atoms with van der Waals surface area (Å²) in [6, 6.07) is 4.09. The van der Waals surface area contributed by atoms with E-state index in [0.29, 0.717) is 24.9 Å². The predicted octanol–water partition coefficient (Wildman–Crippen LogP) is 1.03. The minimum atomic E-state index is -3.66. The number of rotatable bonds is 2. The first-order valence-electron chi connectivity index (χ1n) is 6.35. The zero-order chi connectivity index (χ0) is 14.9. The van der Waals surface area contributed by atoms with Crippen molar-refractivity contribution in [3.8, 4) is 0 Å². The van der Waals surface area contributed by atoms with Gasteiger partial charge in [-0.15, -0.1) is 0 Å². The smallest absolute Gasteiger partial charge is 0.254 e. The average molecular weight is 300 g/mol. The number of hydrogen-bond acceptors (Lipinski definition) is 3. The summed E-state index contributed by atoms with van der Waals surface area (Å²) in [4.78, 5) is 13.7. The van der Waals surface area contributed by atoms with E-state index in [1.165, 1.54) is 11.0 Å². The van der Waals surface area contributed by atoms with Crippen LogP contribution in [0.15, 0.2) is 18.2 Å². The number of halogens is 1. The van der Waals surface area contributed by atoms with Crippen molar-refractivity contribution in [3.63, 3.8) is 0 Å². The molecule has 1 amide bonds. The Bertz CT molecular complexity index is 610. The third kappa shape index (κ3) is 3.34. The molecule has 0 saturated carbocycles. The topological polar surface area (TPSA) is 80.5 Å². The summed E-state index contributed by atoms with van der Waals surface area (Å²) in [6.07, 6.45) is 1.02. The van der Waals surface area contributed by atoms with Gasteiger partial charge in [-0.3, -0.25) is 4.79 Å². The first-order chi connectivity index (χ1) is 9.27. The lowest BCUT2D eigenvalue weighted by atomic mass is 10.1. The average Bonchev–Trinajstić information content (AvgIpc) is 2.36. The van der Waals surface area contributed by atoms with E-state index in [4.69, 9.17) is 5.14 Å². The van der Waals surface area contributed by atoms with Crippen LogP contribution in [0.3, 0.4) is 0 Å². The lowest BCUT2D eigenvalue weighted by Gasteiger charge is -2.31. The van der Waals surface area contributed by atoms with Gasteiger partial charge in [-0.25, -0.2) is 17.9 Å². The molecule has 7 heteroatoms. The Balaban J connectivity index is 2.20. The van der Waals surface area contributed by atoms with E-state index < -0.39 is 21.1 Å². The molecule has 1 atom stereocenters. The molecule has 0 spiro atoms. The van der Waals surface area contributed by atoms with Crippen LogP contribution in [-0.4, -0.2) is 37.6 Å². The Morgan fingerprint density at radius 1 is 1.40 bits per heavy atom. The Labute approximate surface area is 117 Å². The molecule has 1 aromatic carbocycles. The van der Waals surface area contributed by atoms with Crippen molar-refractivity contribution >= 4 is 15.9 Å². The van der Waals surface area contributed by atoms with Gasteiger partial charge in [0, 0.05) is 18.7 Å². The van der Waals surface area contributed by atoms with Gasteiger partial charge >= 0.3 is 0 Å². The molecular weight excluding hydrogens is 283 g/mol. The Morgan fingerprint density at radius 2 is 2.10 bits per heavy atom. The fourth-order valence-electron chi connectivity index (χ4n) is 2.43. The van der Waals surface area contributed by atoms with Gasteiger partial charge in [-0.05, 0) is 43.5 Å². The summed E-state index contributed by atoms with van der Waals surface area (Å²) in [5, 5.41) is 4.39. The summed E-state index contributed by atoms with van der Waals surface area (Å²) in [6.45, 7) is 2.22. The number of nitrogens with zero attached hydrogens (tertiary/aromatic N) is 1. The fourth-order valence-corrected chi connectivity index (χ4v) is 3.32. The SMILES string of the molecule is Cc1cc(F)cc(C(=O)N2CCCC(S(N)(=O)=O)C2)c1. The van der Waals surface area contributed by atoms with Crippen LogP contribution in [0.25, 0.3) is 0 Å².